The van der Waals surface area contributed by atoms with E-state index >= 15 is 0 Å². The molecule has 4 atom stereocenters. The van der Waals surface area contributed by atoms with Crippen LogP contribution in [0.2, 0.25) is 13.1 Å². The number of aliphatic hydroxyl groups is 1. The molecular formula is C21H33N3O5Si. The Hall–Kier alpha value is -1.36. The van der Waals surface area contributed by atoms with Crippen molar-refractivity contribution in [3.63, 3.8) is 0 Å². The average Bonchev–Trinajstić information content (AvgIpc) is 3.29. The predicted octanol–water partition coefficient (Wildman–Crippen LogP) is 2.34. The zero-order valence-corrected chi connectivity index (χ0v) is 20.0. The SMILES string of the molecule is C[SiH](C)[C@]1(n2ccc3c(CO)ncnc32)O[C@H](COC(C)(C)C)[C@H]2OC(C)(C)O[C@H]21. The van der Waals surface area contributed by atoms with Gasteiger partial charge in [-0.05, 0) is 40.7 Å². The summed E-state index contributed by atoms with van der Waals surface area (Å²) in [6, 6.07) is 1.94. The molecule has 30 heavy (non-hydrogen) atoms. The Bertz CT molecular complexity index is 925. The van der Waals surface area contributed by atoms with Gasteiger partial charge in [0.2, 0.25) is 0 Å². The Morgan fingerprint density at radius 1 is 1.20 bits per heavy atom. The van der Waals surface area contributed by atoms with E-state index in [1.165, 1.54) is 6.33 Å². The smallest absolute Gasteiger partial charge is 0.164 e. The molecule has 4 rings (SSSR count). The van der Waals surface area contributed by atoms with E-state index in [0.717, 1.165) is 11.0 Å². The summed E-state index contributed by atoms with van der Waals surface area (Å²) >= 11 is 0. The van der Waals surface area contributed by atoms with E-state index in [2.05, 4.69) is 27.6 Å². The number of fused-ring (bicyclic) bond motifs is 2. The van der Waals surface area contributed by atoms with E-state index in [0.29, 0.717) is 12.3 Å². The zero-order chi connectivity index (χ0) is 21.9. The number of aromatic nitrogens is 3. The fraction of sp³-hybridized carbons (Fsp3) is 0.714. The summed E-state index contributed by atoms with van der Waals surface area (Å²) in [5.41, 5.74) is 1.06. The van der Waals surface area contributed by atoms with E-state index in [-0.39, 0.29) is 30.5 Å². The monoisotopic (exact) mass is 435 g/mol. The fourth-order valence-corrected chi connectivity index (χ4v) is 6.69. The Morgan fingerprint density at radius 2 is 1.93 bits per heavy atom. The maximum Gasteiger partial charge on any atom is 0.164 e. The van der Waals surface area contributed by atoms with Gasteiger partial charge in [-0.25, -0.2) is 9.97 Å². The molecule has 2 saturated heterocycles. The predicted molar refractivity (Wildman–Crippen MR) is 115 cm³/mol. The van der Waals surface area contributed by atoms with Crippen LogP contribution in [0.1, 0.15) is 40.3 Å². The van der Waals surface area contributed by atoms with Crippen LogP contribution in [-0.2, 0) is 30.9 Å². The number of hydrogen-bond acceptors (Lipinski definition) is 7. The first-order chi connectivity index (χ1) is 14.0. The molecule has 1 N–H and O–H groups in total. The van der Waals surface area contributed by atoms with Crippen molar-refractivity contribution in [2.24, 2.45) is 0 Å². The van der Waals surface area contributed by atoms with Gasteiger partial charge in [0.15, 0.2) is 11.1 Å². The topological polar surface area (TPSA) is 87.9 Å². The van der Waals surface area contributed by atoms with Crippen molar-refractivity contribution >= 4 is 19.8 Å². The van der Waals surface area contributed by atoms with E-state index in [4.69, 9.17) is 18.9 Å². The van der Waals surface area contributed by atoms with E-state index in [9.17, 15) is 5.11 Å². The third-order valence-corrected chi connectivity index (χ3v) is 8.24. The van der Waals surface area contributed by atoms with Crippen molar-refractivity contribution in [2.75, 3.05) is 6.61 Å². The molecule has 0 spiro atoms. The second kappa shape index (κ2) is 7.35. The van der Waals surface area contributed by atoms with Gasteiger partial charge in [0.25, 0.3) is 0 Å². The van der Waals surface area contributed by atoms with Crippen molar-refractivity contribution in [3.05, 3.63) is 24.3 Å². The van der Waals surface area contributed by atoms with Gasteiger partial charge < -0.3 is 28.6 Å². The lowest BCUT2D eigenvalue weighted by Crippen LogP contribution is -2.54. The Balaban J connectivity index is 1.82. The van der Waals surface area contributed by atoms with Gasteiger partial charge in [0.1, 0.15) is 30.3 Å². The highest BCUT2D eigenvalue weighted by molar-refractivity contribution is 6.58. The summed E-state index contributed by atoms with van der Waals surface area (Å²) in [4.78, 5) is 8.75. The van der Waals surface area contributed by atoms with Crippen LogP contribution in [-0.4, -0.2) is 64.7 Å². The summed E-state index contributed by atoms with van der Waals surface area (Å²) in [6.07, 6.45) is 2.68. The largest absolute Gasteiger partial charge is 0.390 e. The molecule has 2 aromatic heterocycles. The van der Waals surface area contributed by atoms with Crippen molar-refractivity contribution in [1.82, 2.24) is 14.5 Å². The lowest BCUT2D eigenvalue weighted by Gasteiger charge is -2.39. The van der Waals surface area contributed by atoms with Crippen LogP contribution in [0.3, 0.4) is 0 Å². The number of aliphatic hydroxyl groups excluding tert-OH is 1. The minimum atomic E-state index is -1.56. The van der Waals surface area contributed by atoms with Crippen molar-refractivity contribution in [1.29, 1.82) is 0 Å². The van der Waals surface area contributed by atoms with Crippen molar-refractivity contribution < 1.29 is 24.1 Å². The molecule has 166 valence electrons. The fourth-order valence-electron chi connectivity index (χ4n) is 4.57. The van der Waals surface area contributed by atoms with Crippen LogP contribution in [0, 0.1) is 0 Å². The third-order valence-electron chi connectivity index (χ3n) is 5.84. The highest BCUT2D eigenvalue weighted by atomic mass is 28.3. The van der Waals surface area contributed by atoms with Gasteiger partial charge in [-0.2, -0.15) is 0 Å². The standard InChI is InChI=1S/C21H33N3O5Si/c1-19(2,3)26-11-15-16-17(29-20(4,5)28-16)21(27-15,30(6)7)24-9-8-13-14(10-25)22-12-23-18(13)24/h8-9,12,15-17,25,30H,10-11H2,1-7H3/t15-,16-,17-,21-/m1/s1. The molecule has 2 aromatic rings. The molecule has 0 saturated carbocycles. The Labute approximate surface area is 179 Å². The molecule has 8 nitrogen and oxygen atoms in total. The van der Waals surface area contributed by atoms with Crippen LogP contribution >= 0.6 is 0 Å². The normalized spacial score (nSPS) is 31.0. The molecule has 0 aliphatic carbocycles. The van der Waals surface area contributed by atoms with Crippen LogP contribution < -0.4 is 0 Å². The second-order valence-corrected chi connectivity index (χ2v) is 13.0. The highest BCUT2D eigenvalue weighted by Crippen LogP contribution is 2.49. The summed E-state index contributed by atoms with van der Waals surface area (Å²) < 4.78 is 27.8. The molecular weight excluding hydrogens is 402 g/mol. The van der Waals surface area contributed by atoms with Gasteiger partial charge in [0, 0.05) is 11.6 Å². The molecule has 0 bridgehead atoms. The first kappa shape index (κ1) is 21.9. The van der Waals surface area contributed by atoms with Gasteiger partial charge in [-0.1, -0.05) is 13.1 Å². The number of ether oxygens (including phenoxy) is 4. The maximum absolute atomic E-state index is 9.71. The summed E-state index contributed by atoms with van der Waals surface area (Å²) in [7, 11) is -1.56. The van der Waals surface area contributed by atoms with Gasteiger partial charge in [0.05, 0.1) is 33.3 Å². The van der Waals surface area contributed by atoms with E-state index in [1.807, 2.05) is 46.9 Å². The quantitative estimate of drug-likeness (QED) is 0.721. The maximum atomic E-state index is 9.71. The van der Waals surface area contributed by atoms with E-state index in [1.54, 1.807) is 0 Å². The molecule has 9 heteroatoms. The summed E-state index contributed by atoms with van der Waals surface area (Å²) in [5.74, 6) is -0.707. The zero-order valence-electron chi connectivity index (χ0n) is 18.9. The Morgan fingerprint density at radius 3 is 2.57 bits per heavy atom. The first-order valence-electron chi connectivity index (χ1n) is 10.6. The molecule has 2 aliphatic rings. The number of nitrogens with zero attached hydrogens (tertiary/aromatic N) is 3. The lowest BCUT2D eigenvalue weighted by molar-refractivity contribution is -0.217. The highest BCUT2D eigenvalue weighted by Gasteiger charge is 2.65. The molecule has 4 heterocycles. The van der Waals surface area contributed by atoms with Gasteiger partial charge in [-0.15, -0.1) is 0 Å². The third kappa shape index (κ3) is 3.51. The minimum Gasteiger partial charge on any atom is -0.390 e. The van der Waals surface area contributed by atoms with Crippen molar-refractivity contribution in [3.8, 4) is 0 Å². The van der Waals surface area contributed by atoms with Crippen LogP contribution in [0.5, 0.6) is 0 Å². The Kier molecular flexibility index (Phi) is 5.36. The van der Waals surface area contributed by atoms with Crippen molar-refractivity contribution in [2.45, 2.75) is 89.4 Å². The molecule has 2 fully saturated rings. The second-order valence-electron chi connectivity index (χ2n) is 9.91. The lowest BCUT2D eigenvalue weighted by atomic mass is 10.1. The molecule has 0 aromatic carbocycles. The number of rotatable bonds is 5. The minimum absolute atomic E-state index is 0.142. The molecule has 0 unspecified atom stereocenters. The summed E-state index contributed by atoms with van der Waals surface area (Å²) in [5, 5.41) is 9.83. The molecule has 0 radical (unpaired) electrons. The summed E-state index contributed by atoms with van der Waals surface area (Å²) in [6.45, 7) is 14.8. The van der Waals surface area contributed by atoms with E-state index < -0.39 is 19.9 Å². The van der Waals surface area contributed by atoms with Crippen LogP contribution in [0.25, 0.3) is 11.0 Å². The van der Waals surface area contributed by atoms with Crippen LogP contribution in [0.15, 0.2) is 18.6 Å². The molecule has 2 aliphatic heterocycles. The number of hydrogen-bond donors (Lipinski definition) is 1. The van der Waals surface area contributed by atoms with Gasteiger partial charge >= 0.3 is 0 Å². The average molecular weight is 436 g/mol. The van der Waals surface area contributed by atoms with Gasteiger partial charge in [-0.3, -0.25) is 0 Å². The van der Waals surface area contributed by atoms with Crippen LogP contribution in [0.4, 0.5) is 0 Å². The first-order valence-corrected chi connectivity index (χ1v) is 13.5. The molecule has 0 amide bonds.